The van der Waals surface area contributed by atoms with Crippen molar-refractivity contribution in [3.05, 3.63) is 94.5 Å². The number of benzene rings is 3. The van der Waals surface area contributed by atoms with Gasteiger partial charge in [0.2, 0.25) is 0 Å². The van der Waals surface area contributed by atoms with Crippen LogP contribution in [0.25, 0.3) is 0 Å². The molecule has 4 heteroatoms. The van der Waals surface area contributed by atoms with Gasteiger partial charge in [-0.25, -0.2) is 0 Å². The van der Waals surface area contributed by atoms with Gasteiger partial charge in [0, 0.05) is 17.0 Å². The van der Waals surface area contributed by atoms with E-state index in [4.69, 9.17) is 10.5 Å². The third-order valence-electron chi connectivity index (χ3n) is 4.07. The second-order valence-electron chi connectivity index (χ2n) is 5.61. The van der Waals surface area contributed by atoms with E-state index in [9.17, 15) is 10.2 Å². The van der Waals surface area contributed by atoms with Crippen LogP contribution in [-0.4, -0.2) is 10.2 Å². The highest BCUT2D eigenvalue weighted by Gasteiger charge is 2.23. The standard InChI is InChI=1S/C21H14N2O2/c22-12-14-6-8-17(19(24)10-14)21(16-4-2-1-3-5-16)18-9-7-15(13-23)11-20(18)25/h1-11,21,24-25H. The largest absolute Gasteiger partial charge is 0.508 e. The van der Waals surface area contributed by atoms with Gasteiger partial charge in [-0.2, -0.15) is 10.5 Å². The van der Waals surface area contributed by atoms with Crippen LogP contribution in [-0.2, 0) is 0 Å². The maximum atomic E-state index is 10.4. The van der Waals surface area contributed by atoms with Crippen molar-refractivity contribution >= 4 is 0 Å². The lowest BCUT2D eigenvalue weighted by Crippen LogP contribution is -2.04. The fourth-order valence-corrected chi connectivity index (χ4v) is 2.89. The Balaban J connectivity index is 2.22. The maximum absolute atomic E-state index is 10.4. The van der Waals surface area contributed by atoms with E-state index in [1.165, 1.54) is 12.1 Å². The highest BCUT2D eigenvalue weighted by atomic mass is 16.3. The fourth-order valence-electron chi connectivity index (χ4n) is 2.89. The lowest BCUT2D eigenvalue weighted by atomic mass is 9.83. The summed E-state index contributed by atoms with van der Waals surface area (Å²) in [4.78, 5) is 0. The number of phenols is 2. The Morgan fingerprint density at radius 2 is 1.16 bits per heavy atom. The second kappa shape index (κ2) is 6.78. The average molecular weight is 326 g/mol. The van der Waals surface area contributed by atoms with E-state index in [0.717, 1.165) is 5.56 Å². The Bertz CT molecular complexity index is 935. The normalized spacial score (nSPS) is 10.2. The van der Waals surface area contributed by atoms with Crippen molar-refractivity contribution in [1.29, 1.82) is 10.5 Å². The van der Waals surface area contributed by atoms with Gasteiger partial charge in [-0.3, -0.25) is 0 Å². The number of hydrogen-bond donors (Lipinski definition) is 2. The molecule has 0 aliphatic carbocycles. The van der Waals surface area contributed by atoms with Crippen LogP contribution in [0.3, 0.4) is 0 Å². The molecule has 0 aromatic heterocycles. The first-order valence-electron chi connectivity index (χ1n) is 7.65. The smallest absolute Gasteiger partial charge is 0.121 e. The molecule has 0 aliphatic heterocycles. The fraction of sp³-hybridized carbons (Fsp3) is 0.0476. The van der Waals surface area contributed by atoms with Crippen LogP contribution in [0.4, 0.5) is 0 Å². The minimum atomic E-state index is -0.429. The van der Waals surface area contributed by atoms with Gasteiger partial charge in [-0.05, 0) is 29.8 Å². The molecule has 0 aliphatic rings. The van der Waals surface area contributed by atoms with Gasteiger partial charge in [0.25, 0.3) is 0 Å². The van der Waals surface area contributed by atoms with Crippen LogP contribution >= 0.6 is 0 Å². The van der Waals surface area contributed by atoms with Crippen LogP contribution < -0.4 is 0 Å². The molecule has 0 unspecified atom stereocenters. The molecule has 3 aromatic carbocycles. The molecule has 0 saturated carbocycles. The molecule has 0 radical (unpaired) electrons. The summed E-state index contributed by atoms with van der Waals surface area (Å²) in [7, 11) is 0. The van der Waals surface area contributed by atoms with E-state index >= 15 is 0 Å². The molecule has 0 saturated heterocycles. The Labute approximate surface area is 145 Å². The maximum Gasteiger partial charge on any atom is 0.121 e. The zero-order valence-electron chi connectivity index (χ0n) is 13.2. The van der Waals surface area contributed by atoms with Crippen LogP contribution in [0.5, 0.6) is 11.5 Å². The van der Waals surface area contributed by atoms with E-state index < -0.39 is 5.92 Å². The van der Waals surface area contributed by atoms with Crippen LogP contribution in [0.2, 0.25) is 0 Å². The second-order valence-corrected chi connectivity index (χ2v) is 5.61. The quantitative estimate of drug-likeness (QED) is 0.711. The lowest BCUT2D eigenvalue weighted by Gasteiger charge is -2.21. The van der Waals surface area contributed by atoms with Crippen molar-refractivity contribution in [2.75, 3.05) is 0 Å². The SMILES string of the molecule is N#Cc1ccc(C(c2ccccc2)c2ccc(C#N)cc2O)c(O)c1. The van der Waals surface area contributed by atoms with Crippen LogP contribution in [0, 0.1) is 22.7 Å². The third-order valence-corrected chi connectivity index (χ3v) is 4.07. The van der Waals surface area contributed by atoms with Crippen LogP contribution in [0.15, 0.2) is 66.7 Å². The molecule has 25 heavy (non-hydrogen) atoms. The molecular weight excluding hydrogens is 312 g/mol. The average Bonchev–Trinajstić information content (AvgIpc) is 2.65. The Morgan fingerprint density at radius 3 is 1.56 bits per heavy atom. The van der Waals surface area contributed by atoms with E-state index in [2.05, 4.69) is 0 Å². The minimum Gasteiger partial charge on any atom is -0.508 e. The van der Waals surface area contributed by atoms with Crippen molar-refractivity contribution in [1.82, 2.24) is 0 Å². The van der Waals surface area contributed by atoms with Crippen molar-refractivity contribution in [3.8, 4) is 23.6 Å². The molecule has 0 bridgehead atoms. The summed E-state index contributed by atoms with van der Waals surface area (Å²) in [5.74, 6) is -0.463. The first-order valence-corrected chi connectivity index (χ1v) is 7.65. The highest BCUT2D eigenvalue weighted by molar-refractivity contribution is 5.55. The summed E-state index contributed by atoms with van der Waals surface area (Å²) < 4.78 is 0. The first kappa shape index (κ1) is 16.1. The van der Waals surface area contributed by atoms with Gasteiger partial charge in [-0.1, -0.05) is 42.5 Å². The van der Waals surface area contributed by atoms with Gasteiger partial charge >= 0.3 is 0 Å². The van der Waals surface area contributed by atoms with Crippen molar-refractivity contribution in [3.63, 3.8) is 0 Å². The van der Waals surface area contributed by atoms with Crippen molar-refractivity contribution < 1.29 is 10.2 Å². The predicted octanol–water partition coefficient (Wildman–Crippen LogP) is 4.02. The lowest BCUT2D eigenvalue weighted by molar-refractivity contribution is 0.458. The summed E-state index contributed by atoms with van der Waals surface area (Å²) in [5.41, 5.74) is 2.74. The number of nitrogens with zero attached hydrogens (tertiary/aromatic N) is 2. The van der Waals surface area contributed by atoms with Gasteiger partial charge in [0.15, 0.2) is 0 Å². The molecule has 0 fully saturated rings. The first-order chi connectivity index (χ1) is 12.1. The molecule has 2 N–H and O–H groups in total. The van der Waals surface area contributed by atoms with Crippen molar-refractivity contribution in [2.45, 2.75) is 5.92 Å². The summed E-state index contributed by atoms with van der Waals surface area (Å²) in [5, 5.41) is 38.8. The molecule has 120 valence electrons. The molecule has 0 atom stereocenters. The van der Waals surface area contributed by atoms with Crippen molar-refractivity contribution in [2.24, 2.45) is 0 Å². The molecule has 3 rings (SSSR count). The summed E-state index contributed by atoms with van der Waals surface area (Å²) in [6.07, 6.45) is 0. The third kappa shape index (κ3) is 3.15. The molecular formula is C21H14N2O2. The number of phenolic OH excluding ortho intramolecular Hbond substituents is 2. The molecule has 0 amide bonds. The molecule has 0 spiro atoms. The zero-order valence-corrected chi connectivity index (χ0v) is 13.2. The number of aromatic hydroxyl groups is 2. The van der Waals surface area contributed by atoms with Crippen LogP contribution in [0.1, 0.15) is 33.7 Å². The summed E-state index contributed by atoms with van der Waals surface area (Å²) in [6.45, 7) is 0. The topological polar surface area (TPSA) is 88.0 Å². The van der Waals surface area contributed by atoms with E-state index in [-0.39, 0.29) is 11.5 Å². The van der Waals surface area contributed by atoms with E-state index in [1.54, 1.807) is 24.3 Å². The minimum absolute atomic E-state index is 0.0170. The number of nitriles is 2. The Hall–Kier alpha value is -3.76. The molecule has 4 nitrogen and oxygen atoms in total. The number of hydrogen-bond acceptors (Lipinski definition) is 4. The molecule has 3 aromatic rings. The van der Waals surface area contributed by atoms with E-state index in [0.29, 0.717) is 22.3 Å². The van der Waals surface area contributed by atoms with Gasteiger partial charge in [0.05, 0.1) is 23.3 Å². The Morgan fingerprint density at radius 1 is 0.680 bits per heavy atom. The molecule has 0 heterocycles. The Kier molecular flexibility index (Phi) is 4.37. The van der Waals surface area contributed by atoms with Gasteiger partial charge < -0.3 is 10.2 Å². The van der Waals surface area contributed by atoms with Gasteiger partial charge in [0.1, 0.15) is 11.5 Å². The summed E-state index contributed by atoms with van der Waals surface area (Å²) in [6, 6.07) is 22.9. The predicted molar refractivity (Wildman–Crippen MR) is 93.0 cm³/mol. The number of rotatable bonds is 3. The highest BCUT2D eigenvalue weighted by Crippen LogP contribution is 2.40. The van der Waals surface area contributed by atoms with E-state index in [1.807, 2.05) is 42.5 Å². The van der Waals surface area contributed by atoms with Gasteiger partial charge in [-0.15, -0.1) is 0 Å². The monoisotopic (exact) mass is 326 g/mol. The summed E-state index contributed by atoms with van der Waals surface area (Å²) >= 11 is 0. The zero-order chi connectivity index (χ0) is 17.8.